The minimum atomic E-state index is -1.05. The molecule has 126 valence electrons. The third-order valence-electron chi connectivity index (χ3n) is 3.27. The van der Waals surface area contributed by atoms with Crippen LogP contribution in [0, 0.1) is 5.92 Å². The molecule has 0 bridgehead atoms. The Bertz CT molecular complexity index is 684. The Morgan fingerprint density at radius 2 is 1.88 bits per heavy atom. The molecule has 0 fully saturated rings. The largest absolute Gasteiger partial charge is 0.480 e. The number of carbonyl (C=O) groups is 2. The zero-order chi connectivity index (χ0) is 17.5. The zero-order valence-corrected chi connectivity index (χ0v) is 13.6. The smallest absolute Gasteiger partial charge is 0.326 e. The molecular weight excluding hydrogens is 308 g/mol. The van der Waals surface area contributed by atoms with E-state index in [1.54, 1.807) is 24.3 Å². The Kier molecular flexibility index (Phi) is 5.89. The van der Waals surface area contributed by atoms with Crippen LogP contribution in [0.15, 0.2) is 48.7 Å². The fraction of sp³-hybridized carbons (Fsp3) is 0.278. The first-order valence-electron chi connectivity index (χ1n) is 7.68. The van der Waals surface area contributed by atoms with E-state index in [0.29, 0.717) is 18.1 Å². The lowest BCUT2D eigenvalue weighted by Gasteiger charge is -2.16. The molecular formula is C18H20N2O4. The highest BCUT2D eigenvalue weighted by Crippen LogP contribution is 2.18. The summed E-state index contributed by atoms with van der Waals surface area (Å²) in [4.78, 5) is 27.4. The lowest BCUT2D eigenvalue weighted by atomic mass is 10.0. The lowest BCUT2D eigenvalue weighted by molar-refractivity contribution is -0.139. The highest BCUT2D eigenvalue weighted by Gasteiger charge is 2.21. The summed E-state index contributed by atoms with van der Waals surface area (Å²) in [5, 5.41) is 11.7. The van der Waals surface area contributed by atoms with Crippen LogP contribution in [-0.2, 0) is 4.79 Å². The van der Waals surface area contributed by atoms with Crippen LogP contribution in [-0.4, -0.2) is 28.0 Å². The maximum atomic E-state index is 12.2. The quantitative estimate of drug-likeness (QED) is 0.815. The van der Waals surface area contributed by atoms with Crippen LogP contribution < -0.4 is 10.1 Å². The zero-order valence-electron chi connectivity index (χ0n) is 13.6. The van der Waals surface area contributed by atoms with Gasteiger partial charge in [-0.25, -0.2) is 9.78 Å². The van der Waals surface area contributed by atoms with Gasteiger partial charge in [0.25, 0.3) is 5.91 Å². The molecule has 0 spiro atoms. The van der Waals surface area contributed by atoms with Crippen molar-refractivity contribution in [3.05, 3.63) is 54.2 Å². The van der Waals surface area contributed by atoms with Crippen LogP contribution in [0.25, 0.3) is 0 Å². The van der Waals surface area contributed by atoms with Crippen molar-refractivity contribution in [3.63, 3.8) is 0 Å². The first-order valence-corrected chi connectivity index (χ1v) is 7.68. The lowest BCUT2D eigenvalue weighted by Crippen LogP contribution is -2.41. The number of aliphatic carboxylic acids is 1. The first-order chi connectivity index (χ1) is 11.5. The maximum Gasteiger partial charge on any atom is 0.326 e. The average molecular weight is 328 g/mol. The molecule has 0 unspecified atom stereocenters. The Morgan fingerprint density at radius 1 is 1.17 bits per heavy atom. The van der Waals surface area contributed by atoms with Crippen molar-refractivity contribution >= 4 is 11.9 Å². The summed E-state index contributed by atoms with van der Waals surface area (Å²) in [6.45, 7) is 3.80. The number of rotatable bonds is 7. The summed E-state index contributed by atoms with van der Waals surface area (Å²) in [5.74, 6) is -0.359. The maximum absolute atomic E-state index is 12.2. The number of nitrogens with one attached hydrogen (secondary N) is 1. The predicted molar refractivity (Wildman–Crippen MR) is 89.1 cm³/mol. The van der Waals surface area contributed by atoms with E-state index in [1.807, 2.05) is 32.0 Å². The number of ether oxygens (including phenoxy) is 1. The van der Waals surface area contributed by atoms with Crippen LogP contribution >= 0.6 is 0 Å². The highest BCUT2D eigenvalue weighted by atomic mass is 16.5. The molecule has 1 amide bonds. The van der Waals surface area contributed by atoms with Crippen LogP contribution in [0.3, 0.4) is 0 Å². The van der Waals surface area contributed by atoms with Gasteiger partial charge in [-0.2, -0.15) is 0 Å². The molecule has 0 radical (unpaired) electrons. The number of carbonyl (C=O) groups excluding carboxylic acids is 1. The van der Waals surface area contributed by atoms with Gasteiger partial charge in [0.2, 0.25) is 5.88 Å². The van der Waals surface area contributed by atoms with E-state index in [1.165, 1.54) is 6.20 Å². The molecule has 2 rings (SSSR count). The molecule has 1 heterocycles. The SMILES string of the molecule is CC(C)C[C@@H](NC(=O)c1ccc(Oc2ccccc2)nc1)C(=O)O. The van der Waals surface area contributed by atoms with Gasteiger partial charge in [-0.1, -0.05) is 32.0 Å². The van der Waals surface area contributed by atoms with Crippen molar-refractivity contribution in [3.8, 4) is 11.6 Å². The second kappa shape index (κ2) is 8.10. The number of para-hydroxylation sites is 1. The van der Waals surface area contributed by atoms with E-state index < -0.39 is 17.9 Å². The van der Waals surface area contributed by atoms with Crippen LogP contribution in [0.1, 0.15) is 30.6 Å². The molecule has 2 aromatic rings. The van der Waals surface area contributed by atoms with Crippen LogP contribution in [0.4, 0.5) is 0 Å². The third-order valence-corrected chi connectivity index (χ3v) is 3.27. The van der Waals surface area contributed by atoms with E-state index in [9.17, 15) is 14.7 Å². The van der Waals surface area contributed by atoms with Gasteiger partial charge < -0.3 is 15.2 Å². The Hall–Kier alpha value is -2.89. The van der Waals surface area contributed by atoms with Gasteiger partial charge in [0.15, 0.2) is 0 Å². The first kappa shape index (κ1) is 17.5. The third kappa shape index (κ3) is 5.08. The second-order valence-corrected chi connectivity index (χ2v) is 5.79. The molecule has 24 heavy (non-hydrogen) atoms. The summed E-state index contributed by atoms with van der Waals surface area (Å²) >= 11 is 0. The number of aromatic nitrogens is 1. The van der Waals surface area contributed by atoms with Crippen molar-refractivity contribution in [2.75, 3.05) is 0 Å². The van der Waals surface area contributed by atoms with E-state index >= 15 is 0 Å². The van der Waals surface area contributed by atoms with Crippen molar-refractivity contribution in [2.45, 2.75) is 26.3 Å². The Balaban J connectivity index is 2.01. The number of carboxylic acids is 1. The molecule has 0 aliphatic rings. The number of amides is 1. The normalized spacial score (nSPS) is 11.8. The molecule has 1 atom stereocenters. The van der Waals surface area contributed by atoms with Gasteiger partial charge in [-0.15, -0.1) is 0 Å². The summed E-state index contributed by atoms with van der Waals surface area (Å²) in [6.07, 6.45) is 1.73. The molecule has 1 aromatic heterocycles. The van der Waals surface area contributed by atoms with Crippen LogP contribution in [0.5, 0.6) is 11.6 Å². The average Bonchev–Trinajstić information content (AvgIpc) is 2.55. The van der Waals surface area contributed by atoms with Gasteiger partial charge in [0.1, 0.15) is 11.8 Å². The predicted octanol–water partition coefficient (Wildman–Crippen LogP) is 3.10. The standard InChI is InChI=1S/C18H20N2O4/c1-12(2)10-15(18(22)23)20-17(21)13-8-9-16(19-11-13)24-14-6-4-3-5-7-14/h3-9,11-12,15H,10H2,1-2H3,(H,20,21)(H,22,23)/t15-/m1/s1. The number of benzene rings is 1. The van der Waals surface area contributed by atoms with E-state index in [4.69, 9.17) is 4.74 Å². The molecule has 0 aliphatic heterocycles. The monoisotopic (exact) mass is 328 g/mol. The number of nitrogens with zero attached hydrogens (tertiary/aromatic N) is 1. The van der Waals surface area contributed by atoms with Crippen LogP contribution in [0.2, 0.25) is 0 Å². The van der Waals surface area contributed by atoms with E-state index in [-0.39, 0.29) is 11.5 Å². The highest BCUT2D eigenvalue weighted by molar-refractivity contribution is 5.96. The molecule has 0 saturated heterocycles. The fourth-order valence-electron chi connectivity index (χ4n) is 2.12. The van der Waals surface area contributed by atoms with E-state index in [0.717, 1.165) is 0 Å². The summed E-state index contributed by atoms with van der Waals surface area (Å²) in [6, 6.07) is 11.4. The van der Waals surface area contributed by atoms with Crippen molar-refractivity contribution in [2.24, 2.45) is 5.92 Å². The van der Waals surface area contributed by atoms with Gasteiger partial charge in [0, 0.05) is 12.3 Å². The Labute approximate surface area is 140 Å². The molecule has 0 saturated carbocycles. The number of hydrogen-bond acceptors (Lipinski definition) is 4. The van der Waals surface area contributed by atoms with Gasteiger partial charge >= 0.3 is 5.97 Å². The molecule has 6 heteroatoms. The summed E-state index contributed by atoms with van der Waals surface area (Å²) < 4.78 is 5.55. The molecule has 1 aromatic carbocycles. The molecule has 2 N–H and O–H groups in total. The minimum absolute atomic E-state index is 0.158. The number of hydrogen-bond donors (Lipinski definition) is 2. The summed E-state index contributed by atoms with van der Waals surface area (Å²) in [7, 11) is 0. The number of pyridine rings is 1. The fourth-order valence-corrected chi connectivity index (χ4v) is 2.12. The van der Waals surface area contributed by atoms with E-state index in [2.05, 4.69) is 10.3 Å². The van der Waals surface area contributed by atoms with Gasteiger partial charge in [-0.3, -0.25) is 4.79 Å². The van der Waals surface area contributed by atoms with Gasteiger partial charge in [0.05, 0.1) is 5.56 Å². The number of carboxylic acid groups (broad SMARTS) is 1. The van der Waals surface area contributed by atoms with Crippen molar-refractivity contribution in [1.82, 2.24) is 10.3 Å². The molecule has 6 nitrogen and oxygen atoms in total. The topological polar surface area (TPSA) is 88.5 Å². The van der Waals surface area contributed by atoms with Crippen molar-refractivity contribution < 1.29 is 19.4 Å². The summed E-state index contributed by atoms with van der Waals surface area (Å²) in [5.41, 5.74) is 0.283. The second-order valence-electron chi connectivity index (χ2n) is 5.79. The van der Waals surface area contributed by atoms with Crippen molar-refractivity contribution in [1.29, 1.82) is 0 Å². The minimum Gasteiger partial charge on any atom is -0.480 e. The van der Waals surface area contributed by atoms with Gasteiger partial charge in [-0.05, 0) is 30.5 Å². The Morgan fingerprint density at radius 3 is 2.42 bits per heavy atom. The molecule has 0 aliphatic carbocycles.